The molecule has 1 N–H and O–H groups in total. The molecule has 0 aromatic heterocycles. The van der Waals surface area contributed by atoms with Crippen LogP contribution in [0.25, 0.3) is 0 Å². The van der Waals surface area contributed by atoms with Crippen LogP contribution in [0.4, 0.5) is 0 Å². The van der Waals surface area contributed by atoms with Crippen molar-refractivity contribution < 1.29 is 23.8 Å². The molecule has 0 heterocycles. The Morgan fingerprint density at radius 1 is 1.07 bits per heavy atom. The highest BCUT2D eigenvalue weighted by Crippen LogP contribution is 2.16. The van der Waals surface area contributed by atoms with Gasteiger partial charge < -0.3 is 14.2 Å². The summed E-state index contributed by atoms with van der Waals surface area (Å²) in [6.45, 7) is 1.60. The van der Waals surface area contributed by atoms with Gasteiger partial charge in [0.25, 0.3) is 5.91 Å². The van der Waals surface area contributed by atoms with Gasteiger partial charge in [-0.1, -0.05) is 23.7 Å². The van der Waals surface area contributed by atoms with Crippen LogP contribution >= 0.6 is 11.6 Å². The van der Waals surface area contributed by atoms with Crippen LogP contribution in [-0.2, 0) is 14.3 Å². The van der Waals surface area contributed by atoms with Gasteiger partial charge in [-0.2, -0.15) is 5.10 Å². The number of hydrazone groups is 1. The zero-order valence-corrected chi connectivity index (χ0v) is 15.4. The predicted molar refractivity (Wildman–Crippen MR) is 101 cm³/mol. The molecule has 0 bridgehead atoms. The number of nitrogens with zero attached hydrogens (tertiary/aromatic N) is 1. The molecule has 0 saturated heterocycles. The predicted octanol–water partition coefficient (Wildman–Crippen LogP) is 2.81. The Morgan fingerprint density at radius 2 is 1.81 bits per heavy atom. The Morgan fingerprint density at radius 3 is 2.56 bits per heavy atom. The summed E-state index contributed by atoms with van der Waals surface area (Å²) in [7, 11) is 0. The lowest BCUT2D eigenvalue weighted by Crippen LogP contribution is -2.24. The van der Waals surface area contributed by atoms with Crippen molar-refractivity contribution in [3.8, 4) is 11.5 Å². The molecule has 0 radical (unpaired) electrons. The molecule has 0 aliphatic rings. The van der Waals surface area contributed by atoms with Gasteiger partial charge in [0.05, 0.1) is 12.8 Å². The van der Waals surface area contributed by atoms with Gasteiger partial charge in [-0.25, -0.2) is 10.2 Å². The maximum atomic E-state index is 11.8. The second-order valence-electron chi connectivity index (χ2n) is 5.17. The standard InChI is InChI=1S/C19H19ClN2O5/c1-2-25-19(24)13-27-17-6-4-3-5-14(17)11-21-22-18(23)12-26-16-9-7-15(20)8-10-16/h3-11H,2,12-13H2,1H3,(H,22,23). The molecule has 2 rings (SSSR count). The number of carbonyl (C=O) groups excluding carboxylic acids is 2. The SMILES string of the molecule is CCOC(=O)COc1ccccc1C=NNC(=O)COc1ccc(Cl)cc1. The third-order valence-electron chi connectivity index (χ3n) is 3.15. The van der Waals surface area contributed by atoms with Gasteiger partial charge >= 0.3 is 5.97 Å². The number of para-hydroxylation sites is 1. The molecule has 0 unspecified atom stereocenters. The van der Waals surface area contributed by atoms with Crippen LogP contribution in [0.3, 0.4) is 0 Å². The highest BCUT2D eigenvalue weighted by atomic mass is 35.5. The lowest BCUT2D eigenvalue weighted by atomic mass is 10.2. The van der Waals surface area contributed by atoms with Crippen molar-refractivity contribution in [1.82, 2.24) is 5.43 Å². The molecule has 0 aliphatic carbocycles. The molecule has 0 saturated carbocycles. The van der Waals surface area contributed by atoms with E-state index in [0.717, 1.165) is 0 Å². The van der Waals surface area contributed by atoms with E-state index >= 15 is 0 Å². The molecule has 2 aromatic rings. The molecular formula is C19H19ClN2O5. The summed E-state index contributed by atoms with van der Waals surface area (Å²) in [6.07, 6.45) is 1.42. The van der Waals surface area contributed by atoms with E-state index in [2.05, 4.69) is 10.5 Å². The molecule has 0 spiro atoms. The molecular weight excluding hydrogens is 372 g/mol. The largest absolute Gasteiger partial charge is 0.484 e. The van der Waals surface area contributed by atoms with Crippen molar-refractivity contribution in [3.05, 3.63) is 59.1 Å². The van der Waals surface area contributed by atoms with Crippen molar-refractivity contribution in [1.29, 1.82) is 0 Å². The van der Waals surface area contributed by atoms with Gasteiger partial charge in [0.1, 0.15) is 11.5 Å². The second kappa shape index (κ2) is 10.8. The minimum atomic E-state index is -0.461. The Labute approximate surface area is 161 Å². The summed E-state index contributed by atoms with van der Waals surface area (Å²) in [4.78, 5) is 23.2. The molecule has 2 aromatic carbocycles. The van der Waals surface area contributed by atoms with Gasteiger partial charge in [0.2, 0.25) is 0 Å². The highest BCUT2D eigenvalue weighted by molar-refractivity contribution is 6.30. The van der Waals surface area contributed by atoms with Crippen LogP contribution in [0.5, 0.6) is 11.5 Å². The molecule has 1 amide bonds. The van der Waals surface area contributed by atoms with E-state index in [1.54, 1.807) is 55.5 Å². The number of nitrogens with one attached hydrogen (secondary N) is 1. The summed E-state index contributed by atoms with van der Waals surface area (Å²) in [5.41, 5.74) is 2.96. The first-order valence-corrected chi connectivity index (χ1v) is 8.54. The average molecular weight is 391 g/mol. The quantitative estimate of drug-likeness (QED) is 0.404. The topological polar surface area (TPSA) is 86.2 Å². The molecule has 0 fully saturated rings. The van der Waals surface area contributed by atoms with E-state index in [0.29, 0.717) is 22.1 Å². The van der Waals surface area contributed by atoms with E-state index in [4.69, 9.17) is 25.8 Å². The zero-order chi connectivity index (χ0) is 19.5. The minimum Gasteiger partial charge on any atom is -0.484 e. The highest BCUT2D eigenvalue weighted by Gasteiger charge is 2.06. The number of esters is 1. The van der Waals surface area contributed by atoms with Crippen LogP contribution in [0.2, 0.25) is 5.02 Å². The number of amides is 1. The van der Waals surface area contributed by atoms with Crippen LogP contribution in [0.15, 0.2) is 53.6 Å². The van der Waals surface area contributed by atoms with Gasteiger partial charge in [0, 0.05) is 10.6 Å². The lowest BCUT2D eigenvalue weighted by Gasteiger charge is -2.08. The third-order valence-corrected chi connectivity index (χ3v) is 3.40. The number of benzene rings is 2. The monoisotopic (exact) mass is 390 g/mol. The van der Waals surface area contributed by atoms with E-state index in [-0.39, 0.29) is 19.8 Å². The Bertz CT molecular complexity index is 793. The molecule has 0 atom stereocenters. The summed E-state index contributed by atoms with van der Waals surface area (Å²) < 4.78 is 15.5. The van der Waals surface area contributed by atoms with E-state index in [1.807, 2.05) is 0 Å². The number of ether oxygens (including phenoxy) is 3. The van der Waals surface area contributed by atoms with Gasteiger partial charge in [-0.15, -0.1) is 0 Å². The lowest BCUT2D eigenvalue weighted by molar-refractivity contribution is -0.145. The molecule has 8 heteroatoms. The number of halogens is 1. The summed E-state index contributed by atoms with van der Waals surface area (Å²) in [6, 6.07) is 13.6. The van der Waals surface area contributed by atoms with Crippen LogP contribution in [0.1, 0.15) is 12.5 Å². The summed E-state index contributed by atoms with van der Waals surface area (Å²) in [5.74, 6) is 0.0835. The van der Waals surface area contributed by atoms with Crippen molar-refractivity contribution in [2.45, 2.75) is 6.92 Å². The normalized spacial score (nSPS) is 10.4. The smallest absolute Gasteiger partial charge is 0.344 e. The molecule has 7 nitrogen and oxygen atoms in total. The Balaban J connectivity index is 1.83. The molecule has 0 aliphatic heterocycles. The van der Waals surface area contributed by atoms with E-state index in [1.165, 1.54) is 6.21 Å². The third kappa shape index (κ3) is 7.37. The number of hydrogen-bond donors (Lipinski definition) is 1. The van der Waals surface area contributed by atoms with Crippen molar-refractivity contribution >= 4 is 29.7 Å². The van der Waals surface area contributed by atoms with E-state index < -0.39 is 11.9 Å². The van der Waals surface area contributed by atoms with Crippen molar-refractivity contribution in [2.75, 3.05) is 19.8 Å². The fourth-order valence-electron chi connectivity index (χ4n) is 1.94. The van der Waals surface area contributed by atoms with Gasteiger partial charge in [0.15, 0.2) is 13.2 Å². The molecule has 27 heavy (non-hydrogen) atoms. The second-order valence-corrected chi connectivity index (χ2v) is 5.60. The summed E-state index contributed by atoms with van der Waals surface area (Å²) >= 11 is 5.78. The van der Waals surface area contributed by atoms with Crippen LogP contribution < -0.4 is 14.9 Å². The van der Waals surface area contributed by atoms with Crippen LogP contribution in [0, 0.1) is 0 Å². The van der Waals surface area contributed by atoms with Crippen LogP contribution in [-0.4, -0.2) is 37.9 Å². The zero-order valence-electron chi connectivity index (χ0n) is 14.7. The van der Waals surface area contributed by atoms with Crippen molar-refractivity contribution in [3.63, 3.8) is 0 Å². The van der Waals surface area contributed by atoms with E-state index in [9.17, 15) is 9.59 Å². The maximum absolute atomic E-state index is 11.8. The number of hydrogen-bond acceptors (Lipinski definition) is 6. The summed E-state index contributed by atoms with van der Waals surface area (Å²) in [5, 5.41) is 4.45. The van der Waals surface area contributed by atoms with Gasteiger partial charge in [-0.05, 0) is 43.3 Å². The fourth-order valence-corrected chi connectivity index (χ4v) is 2.07. The first-order valence-electron chi connectivity index (χ1n) is 8.16. The average Bonchev–Trinajstić information content (AvgIpc) is 2.67. The number of carbonyl (C=O) groups is 2. The van der Waals surface area contributed by atoms with Gasteiger partial charge in [-0.3, -0.25) is 4.79 Å². The molecule has 142 valence electrons. The number of rotatable bonds is 9. The first kappa shape index (κ1) is 20.3. The Hall–Kier alpha value is -3.06. The maximum Gasteiger partial charge on any atom is 0.344 e. The Kier molecular flexibility index (Phi) is 8.12. The fraction of sp³-hybridized carbons (Fsp3) is 0.211. The van der Waals surface area contributed by atoms with Crippen molar-refractivity contribution in [2.24, 2.45) is 5.10 Å². The minimum absolute atomic E-state index is 0.194. The first-order chi connectivity index (χ1) is 13.1.